The summed E-state index contributed by atoms with van der Waals surface area (Å²) in [6, 6.07) is 0. The largest absolute Gasteiger partial charge is 0.411 e. The van der Waals surface area contributed by atoms with Crippen LogP contribution in [0.15, 0.2) is 0 Å². The summed E-state index contributed by atoms with van der Waals surface area (Å²) in [5, 5.41) is 0.0553. The molecule has 0 aromatic carbocycles. The SMILES string of the molecule is C#CC[C@@H]1O[C@@H]2CO[Si](C(C)(C)C)(C(C)(C)C)O[C@H]2C[C@H]1O[Si](C)(C)C(C)(C)C. The average Bonchev–Trinajstić information content (AvgIpc) is 2.51. The monoisotopic (exact) mass is 440 g/mol. The van der Waals surface area contributed by atoms with Crippen molar-refractivity contribution in [2.24, 2.45) is 0 Å². The molecule has 168 valence electrons. The van der Waals surface area contributed by atoms with Crippen molar-refractivity contribution in [1.29, 1.82) is 0 Å². The minimum Gasteiger partial charge on any atom is -0.411 e. The van der Waals surface area contributed by atoms with Crippen molar-refractivity contribution in [2.45, 2.75) is 128 Å². The summed E-state index contributed by atoms with van der Waals surface area (Å²) in [5.41, 5.74) is 0. The van der Waals surface area contributed by atoms with Crippen molar-refractivity contribution in [2.75, 3.05) is 6.61 Å². The molecule has 4 atom stereocenters. The Morgan fingerprint density at radius 2 is 1.55 bits per heavy atom. The summed E-state index contributed by atoms with van der Waals surface area (Å²) in [7, 11) is -4.48. The molecule has 0 saturated carbocycles. The Morgan fingerprint density at radius 3 is 2.00 bits per heavy atom. The lowest BCUT2D eigenvalue weighted by atomic mass is 9.97. The van der Waals surface area contributed by atoms with E-state index in [4.69, 9.17) is 24.4 Å². The quantitative estimate of drug-likeness (QED) is 0.397. The number of rotatable bonds is 3. The Morgan fingerprint density at radius 1 is 1.00 bits per heavy atom. The Labute approximate surface area is 181 Å². The second kappa shape index (κ2) is 8.07. The maximum absolute atomic E-state index is 6.94. The van der Waals surface area contributed by atoms with E-state index < -0.39 is 16.9 Å². The van der Waals surface area contributed by atoms with Crippen LogP contribution in [0.2, 0.25) is 28.2 Å². The first-order valence-electron chi connectivity index (χ1n) is 11.0. The average molecular weight is 441 g/mol. The van der Waals surface area contributed by atoms with Gasteiger partial charge in [0.05, 0.1) is 24.9 Å². The van der Waals surface area contributed by atoms with Gasteiger partial charge in [-0.25, -0.2) is 0 Å². The molecule has 0 spiro atoms. The lowest BCUT2D eigenvalue weighted by Gasteiger charge is -2.57. The predicted molar refractivity (Wildman–Crippen MR) is 125 cm³/mol. The van der Waals surface area contributed by atoms with Gasteiger partial charge in [0.2, 0.25) is 0 Å². The van der Waals surface area contributed by atoms with E-state index in [1.165, 1.54) is 0 Å². The maximum Gasteiger partial charge on any atom is 0.349 e. The van der Waals surface area contributed by atoms with Gasteiger partial charge in [-0.15, -0.1) is 12.3 Å². The number of terminal acetylenes is 1. The number of ether oxygens (including phenoxy) is 1. The van der Waals surface area contributed by atoms with Crippen LogP contribution in [0.25, 0.3) is 0 Å². The van der Waals surface area contributed by atoms with Crippen LogP contribution in [0, 0.1) is 12.3 Å². The molecule has 0 aromatic heterocycles. The summed E-state index contributed by atoms with van der Waals surface area (Å²) in [5.74, 6) is 2.79. The first-order valence-corrected chi connectivity index (χ1v) is 15.8. The highest BCUT2D eigenvalue weighted by Gasteiger charge is 2.63. The van der Waals surface area contributed by atoms with E-state index in [0.717, 1.165) is 6.42 Å². The third kappa shape index (κ3) is 4.86. The second-order valence-electron chi connectivity index (χ2n) is 12.4. The number of fused-ring (bicyclic) bond motifs is 1. The fraction of sp³-hybridized carbons (Fsp3) is 0.913. The molecule has 2 aliphatic heterocycles. The van der Waals surface area contributed by atoms with Crippen molar-refractivity contribution >= 4 is 16.9 Å². The highest BCUT2D eigenvalue weighted by molar-refractivity contribution is 6.74. The van der Waals surface area contributed by atoms with Crippen LogP contribution in [-0.2, 0) is 18.0 Å². The van der Waals surface area contributed by atoms with E-state index in [2.05, 4.69) is 81.3 Å². The topological polar surface area (TPSA) is 36.9 Å². The fourth-order valence-electron chi connectivity index (χ4n) is 4.54. The molecule has 0 amide bonds. The zero-order chi connectivity index (χ0) is 22.5. The molecule has 0 unspecified atom stereocenters. The van der Waals surface area contributed by atoms with E-state index in [0.29, 0.717) is 13.0 Å². The highest BCUT2D eigenvalue weighted by atomic mass is 28.4. The van der Waals surface area contributed by atoms with E-state index in [1.807, 2.05) is 0 Å². The van der Waals surface area contributed by atoms with E-state index >= 15 is 0 Å². The van der Waals surface area contributed by atoms with Gasteiger partial charge in [-0.3, -0.25) is 0 Å². The third-order valence-electron chi connectivity index (χ3n) is 6.96. The van der Waals surface area contributed by atoms with Gasteiger partial charge in [0, 0.05) is 22.9 Å². The van der Waals surface area contributed by atoms with E-state index in [-0.39, 0.29) is 39.5 Å². The highest BCUT2D eigenvalue weighted by Crippen LogP contribution is 2.55. The molecule has 2 fully saturated rings. The Balaban J connectivity index is 2.31. The molecule has 2 heterocycles. The molecule has 4 nitrogen and oxygen atoms in total. The molecule has 0 radical (unpaired) electrons. The molecule has 0 aromatic rings. The summed E-state index contributed by atoms with van der Waals surface area (Å²) < 4.78 is 26.8. The molecule has 6 heteroatoms. The molecule has 0 bridgehead atoms. The minimum atomic E-state index is -2.52. The van der Waals surface area contributed by atoms with Gasteiger partial charge in [0.25, 0.3) is 0 Å². The first-order chi connectivity index (χ1) is 13.0. The predicted octanol–water partition coefficient (Wildman–Crippen LogP) is 6.02. The van der Waals surface area contributed by atoms with Gasteiger partial charge < -0.3 is 18.0 Å². The fourth-order valence-corrected chi connectivity index (χ4v) is 10.9. The number of hydrogen-bond acceptors (Lipinski definition) is 4. The van der Waals surface area contributed by atoms with Gasteiger partial charge in [-0.2, -0.15) is 0 Å². The van der Waals surface area contributed by atoms with Gasteiger partial charge >= 0.3 is 8.56 Å². The third-order valence-corrected chi connectivity index (χ3v) is 16.6. The Kier molecular flexibility index (Phi) is 6.98. The summed E-state index contributed by atoms with van der Waals surface area (Å²) >= 11 is 0. The standard InChI is InChI=1S/C23H44O4Si2/c1-13-14-17-18(26-28(11,12)21(2,3)4)15-19-20(25-17)16-24-29(27-19,22(5,6)7)23(8,9)10/h1,17-20H,14-16H2,2-12H3/t17-,18+,19-,20+/m0/s1. The van der Waals surface area contributed by atoms with Crippen LogP contribution in [0.3, 0.4) is 0 Å². The van der Waals surface area contributed by atoms with Crippen LogP contribution in [0.1, 0.15) is 75.2 Å². The smallest absolute Gasteiger partial charge is 0.349 e. The van der Waals surface area contributed by atoms with Crippen LogP contribution in [-0.4, -0.2) is 47.9 Å². The zero-order valence-corrected chi connectivity index (χ0v) is 22.6. The molecule has 2 saturated heterocycles. The molecule has 0 N–H and O–H groups in total. The van der Waals surface area contributed by atoms with Crippen LogP contribution >= 0.6 is 0 Å². The minimum absolute atomic E-state index is 0.00217. The summed E-state index contributed by atoms with van der Waals surface area (Å²) in [6.07, 6.45) is 6.85. The van der Waals surface area contributed by atoms with E-state index in [9.17, 15) is 0 Å². The molecule has 0 aliphatic carbocycles. The van der Waals surface area contributed by atoms with Gasteiger partial charge in [0.1, 0.15) is 6.10 Å². The van der Waals surface area contributed by atoms with Crippen LogP contribution in [0.4, 0.5) is 0 Å². The van der Waals surface area contributed by atoms with E-state index in [1.54, 1.807) is 0 Å². The van der Waals surface area contributed by atoms with Gasteiger partial charge in [0.15, 0.2) is 8.32 Å². The van der Waals surface area contributed by atoms with Crippen LogP contribution in [0.5, 0.6) is 0 Å². The normalized spacial score (nSPS) is 31.1. The van der Waals surface area contributed by atoms with Gasteiger partial charge in [-0.1, -0.05) is 62.3 Å². The lowest BCUT2D eigenvalue weighted by molar-refractivity contribution is -0.194. The Bertz CT molecular complexity index is 605. The molecular weight excluding hydrogens is 396 g/mol. The summed E-state index contributed by atoms with van der Waals surface area (Å²) in [4.78, 5) is 0. The Hall–Kier alpha value is -0.166. The van der Waals surface area contributed by atoms with Crippen molar-refractivity contribution in [3.8, 4) is 12.3 Å². The van der Waals surface area contributed by atoms with Gasteiger partial charge in [-0.05, 0) is 18.1 Å². The first kappa shape index (κ1) is 25.1. The van der Waals surface area contributed by atoms with Crippen molar-refractivity contribution < 1.29 is 18.0 Å². The van der Waals surface area contributed by atoms with Crippen molar-refractivity contribution in [3.63, 3.8) is 0 Å². The molecule has 2 rings (SSSR count). The summed E-state index contributed by atoms with van der Waals surface area (Å²) in [6.45, 7) is 25.5. The van der Waals surface area contributed by atoms with Crippen molar-refractivity contribution in [1.82, 2.24) is 0 Å². The number of hydrogen-bond donors (Lipinski definition) is 0. The molecule has 29 heavy (non-hydrogen) atoms. The zero-order valence-electron chi connectivity index (χ0n) is 20.6. The van der Waals surface area contributed by atoms with Crippen molar-refractivity contribution in [3.05, 3.63) is 0 Å². The lowest BCUT2D eigenvalue weighted by Crippen LogP contribution is -2.68. The maximum atomic E-state index is 6.94. The molecular formula is C23H44O4Si2. The van der Waals surface area contributed by atoms with Crippen LogP contribution < -0.4 is 0 Å². The molecule has 2 aliphatic rings. The second-order valence-corrected chi connectivity index (χ2v) is 21.9.